The van der Waals surface area contributed by atoms with Gasteiger partial charge >= 0.3 is 0 Å². The average Bonchev–Trinajstić information content (AvgIpc) is 3.06. The van der Waals surface area contributed by atoms with Gasteiger partial charge in [0.25, 0.3) is 0 Å². The molecule has 1 aliphatic heterocycles. The highest BCUT2D eigenvalue weighted by Gasteiger charge is 2.44. The van der Waals surface area contributed by atoms with Crippen LogP contribution in [0.1, 0.15) is 17.4 Å². The van der Waals surface area contributed by atoms with Crippen molar-refractivity contribution in [2.45, 2.75) is 37.1 Å². The zero-order valence-electron chi connectivity index (χ0n) is 14.6. The van der Waals surface area contributed by atoms with Crippen LogP contribution in [0.3, 0.4) is 0 Å². The molecule has 6 heteroatoms. The Morgan fingerprint density at radius 3 is 2.37 bits per heavy atom. The minimum Gasteiger partial charge on any atom is -0.387 e. The highest BCUT2D eigenvalue weighted by Crippen LogP contribution is 2.33. The van der Waals surface area contributed by atoms with E-state index < -0.39 is 30.6 Å². The number of para-hydroxylation sites is 1. The molecule has 5 atom stereocenters. The van der Waals surface area contributed by atoms with Gasteiger partial charge in [0.15, 0.2) is 6.23 Å². The molecule has 1 saturated heterocycles. The third kappa shape index (κ3) is 3.17. The van der Waals surface area contributed by atoms with Crippen molar-refractivity contribution in [1.29, 1.82) is 5.41 Å². The quantitative estimate of drug-likeness (QED) is 0.530. The average molecular weight is 366 g/mol. The first-order chi connectivity index (χ1) is 13.1. The third-order valence-electron chi connectivity index (χ3n) is 5.12. The van der Waals surface area contributed by atoms with Gasteiger partial charge in [0.05, 0.1) is 5.52 Å². The second-order valence-electron chi connectivity index (χ2n) is 6.87. The normalized spacial score (nSPS) is 28.3. The molecule has 3 aromatic rings. The van der Waals surface area contributed by atoms with E-state index in [1.165, 1.54) is 5.56 Å². The molecule has 1 aromatic heterocycles. The van der Waals surface area contributed by atoms with E-state index in [4.69, 9.17) is 10.1 Å². The van der Waals surface area contributed by atoms with Gasteiger partial charge in [-0.05, 0) is 23.6 Å². The molecule has 0 saturated carbocycles. The first-order valence-electron chi connectivity index (χ1n) is 8.93. The summed E-state index contributed by atoms with van der Waals surface area (Å²) in [6.07, 6.45) is -2.34. The van der Waals surface area contributed by atoms with Crippen LogP contribution in [0.4, 0.5) is 0 Å². The lowest BCUT2D eigenvalue weighted by Gasteiger charge is -2.39. The molecule has 1 fully saturated rings. The third-order valence-corrected chi connectivity index (χ3v) is 5.12. The summed E-state index contributed by atoms with van der Waals surface area (Å²) in [6.45, 7) is 0. The fraction of sp³-hybridized carbons (Fsp3) is 0.286. The molecule has 4 N–H and O–H groups in total. The van der Waals surface area contributed by atoms with Crippen LogP contribution in [0.2, 0.25) is 0 Å². The Labute approximate surface area is 156 Å². The summed E-state index contributed by atoms with van der Waals surface area (Å²) in [5.41, 5.74) is 3.10. The van der Waals surface area contributed by atoms with E-state index in [9.17, 15) is 15.3 Å². The molecule has 27 heavy (non-hydrogen) atoms. The van der Waals surface area contributed by atoms with Crippen LogP contribution in [0.5, 0.6) is 0 Å². The number of aromatic nitrogens is 1. The lowest BCUT2D eigenvalue weighted by Crippen LogP contribution is -2.55. The number of ether oxygens (including phenoxy) is 1. The summed E-state index contributed by atoms with van der Waals surface area (Å²) in [7, 11) is 0. The Morgan fingerprint density at radius 1 is 0.926 bits per heavy atom. The van der Waals surface area contributed by atoms with E-state index in [-0.39, 0.29) is 0 Å². The van der Waals surface area contributed by atoms with Crippen LogP contribution in [-0.2, 0) is 11.2 Å². The zero-order chi connectivity index (χ0) is 19.0. The Balaban J connectivity index is 1.77. The number of hydrogen-bond acceptors (Lipinski definition) is 5. The number of benzene rings is 2. The van der Waals surface area contributed by atoms with Gasteiger partial charge in [0.2, 0.25) is 0 Å². The number of aliphatic hydroxyl groups is 3. The SMILES string of the molecule is N=C[C@H]1O[C@@H](n2cc(Cc3ccccc3)c3ccccc32)[C@H](O)[C@@H](O)[C@@H]1O. The summed E-state index contributed by atoms with van der Waals surface area (Å²) in [6, 6.07) is 17.9. The van der Waals surface area contributed by atoms with E-state index in [1.54, 1.807) is 4.57 Å². The molecule has 0 amide bonds. The predicted molar refractivity (Wildman–Crippen MR) is 102 cm³/mol. The van der Waals surface area contributed by atoms with Gasteiger partial charge in [0, 0.05) is 17.8 Å². The Bertz CT molecular complexity index is 940. The second-order valence-corrected chi connectivity index (χ2v) is 6.87. The number of rotatable bonds is 4. The number of nitrogens with zero attached hydrogens (tertiary/aromatic N) is 1. The number of nitrogens with one attached hydrogen (secondary N) is 1. The number of fused-ring (bicyclic) bond motifs is 1. The Morgan fingerprint density at radius 2 is 1.63 bits per heavy atom. The summed E-state index contributed by atoms with van der Waals surface area (Å²) < 4.78 is 7.53. The molecule has 0 radical (unpaired) electrons. The van der Waals surface area contributed by atoms with Crippen LogP contribution in [0.15, 0.2) is 60.8 Å². The molecule has 0 unspecified atom stereocenters. The van der Waals surface area contributed by atoms with Crippen LogP contribution in [0.25, 0.3) is 10.9 Å². The largest absolute Gasteiger partial charge is 0.387 e. The minimum absolute atomic E-state index is 0.719. The second kappa shape index (κ2) is 7.25. The van der Waals surface area contributed by atoms with Gasteiger partial charge in [-0.1, -0.05) is 48.5 Å². The first-order valence-corrected chi connectivity index (χ1v) is 8.93. The summed E-state index contributed by atoms with van der Waals surface area (Å²) in [5, 5.41) is 39.2. The topological polar surface area (TPSA) is 98.7 Å². The summed E-state index contributed by atoms with van der Waals surface area (Å²) >= 11 is 0. The molecular formula is C21H22N2O4. The number of hydrogen-bond donors (Lipinski definition) is 4. The maximum atomic E-state index is 10.5. The number of aliphatic hydroxyl groups excluding tert-OH is 3. The monoisotopic (exact) mass is 366 g/mol. The van der Waals surface area contributed by atoms with Crippen molar-refractivity contribution in [3.05, 3.63) is 71.9 Å². The van der Waals surface area contributed by atoms with Gasteiger partial charge in [-0.25, -0.2) is 0 Å². The maximum Gasteiger partial charge on any atom is 0.163 e. The van der Waals surface area contributed by atoms with Crippen molar-refractivity contribution >= 4 is 17.1 Å². The summed E-state index contributed by atoms with van der Waals surface area (Å²) in [5.74, 6) is 0. The first kappa shape index (κ1) is 17.9. The van der Waals surface area contributed by atoms with E-state index in [0.717, 1.165) is 29.1 Å². The van der Waals surface area contributed by atoms with Crippen molar-refractivity contribution in [1.82, 2.24) is 4.57 Å². The van der Waals surface area contributed by atoms with Crippen molar-refractivity contribution in [2.24, 2.45) is 0 Å². The predicted octanol–water partition coefficient (Wildman–Crippen LogP) is 1.86. The van der Waals surface area contributed by atoms with Crippen molar-refractivity contribution in [3.8, 4) is 0 Å². The van der Waals surface area contributed by atoms with Gasteiger partial charge < -0.3 is 30.0 Å². The fourth-order valence-corrected chi connectivity index (χ4v) is 3.70. The fourth-order valence-electron chi connectivity index (χ4n) is 3.70. The molecule has 6 nitrogen and oxygen atoms in total. The molecular weight excluding hydrogens is 344 g/mol. The van der Waals surface area contributed by atoms with E-state index in [2.05, 4.69) is 12.1 Å². The highest BCUT2D eigenvalue weighted by molar-refractivity contribution is 5.84. The lowest BCUT2D eigenvalue weighted by molar-refractivity contribution is -0.225. The van der Waals surface area contributed by atoms with Gasteiger partial charge in [-0.2, -0.15) is 0 Å². The smallest absolute Gasteiger partial charge is 0.163 e. The van der Waals surface area contributed by atoms with Gasteiger partial charge in [-0.3, -0.25) is 0 Å². The molecule has 0 spiro atoms. The van der Waals surface area contributed by atoms with Crippen molar-refractivity contribution in [2.75, 3.05) is 0 Å². The molecule has 0 aliphatic carbocycles. The van der Waals surface area contributed by atoms with E-state index in [1.807, 2.05) is 48.7 Å². The molecule has 2 heterocycles. The highest BCUT2D eigenvalue weighted by atomic mass is 16.5. The van der Waals surface area contributed by atoms with Crippen LogP contribution < -0.4 is 0 Å². The van der Waals surface area contributed by atoms with Gasteiger partial charge in [0.1, 0.15) is 24.4 Å². The molecule has 2 aromatic carbocycles. The molecule has 0 bridgehead atoms. The Kier molecular flexibility index (Phi) is 4.80. The molecule has 4 rings (SSSR count). The lowest BCUT2D eigenvalue weighted by atomic mass is 9.98. The molecule has 1 aliphatic rings. The van der Waals surface area contributed by atoms with Crippen LogP contribution in [0, 0.1) is 5.41 Å². The van der Waals surface area contributed by atoms with E-state index >= 15 is 0 Å². The molecule has 140 valence electrons. The van der Waals surface area contributed by atoms with Gasteiger partial charge in [-0.15, -0.1) is 0 Å². The Hall–Kier alpha value is -2.51. The van der Waals surface area contributed by atoms with Crippen molar-refractivity contribution in [3.63, 3.8) is 0 Å². The summed E-state index contributed by atoms with van der Waals surface area (Å²) in [4.78, 5) is 0. The maximum absolute atomic E-state index is 10.5. The van der Waals surface area contributed by atoms with Crippen molar-refractivity contribution < 1.29 is 20.1 Å². The van der Waals surface area contributed by atoms with E-state index in [0.29, 0.717) is 0 Å². The van der Waals surface area contributed by atoms with Crippen LogP contribution >= 0.6 is 0 Å². The minimum atomic E-state index is -1.39. The standard InChI is InChI=1S/C21H22N2O4/c22-11-17-18(24)19(25)20(26)21(27-17)23-12-14(10-13-6-2-1-3-7-13)15-8-4-5-9-16(15)23/h1-9,11-12,17-22,24-26H,10H2/t17-,18-,19+,20-,21-/m1/s1. The van der Waals surface area contributed by atoms with Crippen LogP contribution in [-0.4, -0.2) is 50.5 Å². The zero-order valence-corrected chi connectivity index (χ0v) is 14.6.